The van der Waals surface area contributed by atoms with E-state index in [9.17, 15) is 0 Å². The van der Waals surface area contributed by atoms with Crippen molar-refractivity contribution in [2.24, 2.45) is 5.92 Å². The molecule has 0 saturated heterocycles. The smallest absolute Gasteiger partial charge is 0.121 e. The van der Waals surface area contributed by atoms with Crippen molar-refractivity contribution in [1.29, 1.82) is 0 Å². The normalized spacial score (nSPS) is 13.4. The van der Waals surface area contributed by atoms with E-state index in [1.165, 1.54) is 5.75 Å². The van der Waals surface area contributed by atoms with Gasteiger partial charge in [0, 0.05) is 5.75 Å². The molecule has 2 nitrogen and oxygen atoms in total. The number of nitrogens with one attached hydrogen (secondary N) is 1. The van der Waals surface area contributed by atoms with Crippen LogP contribution in [0.15, 0.2) is 22.8 Å². The monoisotopic (exact) mass is 213 g/mol. The van der Waals surface area contributed by atoms with Crippen molar-refractivity contribution in [2.45, 2.75) is 19.9 Å². The Morgan fingerprint density at radius 2 is 2.21 bits per heavy atom. The largest absolute Gasteiger partial charge is 0.468 e. The molecule has 3 heteroatoms. The molecule has 1 aromatic heterocycles. The maximum atomic E-state index is 5.37. The van der Waals surface area contributed by atoms with Crippen LogP contribution in [-0.2, 0) is 0 Å². The van der Waals surface area contributed by atoms with Crippen LogP contribution in [-0.4, -0.2) is 18.6 Å². The summed E-state index contributed by atoms with van der Waals surface area (Å²) >= 11 is 1.97. The van der Waals surface area contributed by atoms with Gasteiger partial charge in [-0.05, 0) is 30.9 Å². The maximum absolute atomic E-state index is 5.37. The minimum Gasteiger partial charge on any atom is -0.468 e. The van der Waals surface area contributed by atoms with Gasteiger partial charge in [0.1, 0.15) is 5.76 Å². The highest BCUT2D eigenvalue weighted by molar-refractivity contribution is 7.99. The van der Waals surface area contributed by atoms with Gasteiger partial charge in [0.2, 0.25) is 0 Å². The zero-order valence-electron chi connectivity index (χ0n) is 9.12. The van der Waals surface area contributed by atoms with Crippen LogP contribution in [0.3, 0.4) is 0 Å². The van der Waals surface area contributed by atoms with Crippen LogP contribution in [0.1, 0.15) is 25.6 Å². The predicted molar refractivity (Wildman–Crippen MR) is 62.7 cm³/mol. The molecule has 0 fully saturated rings. The molecule has 14 heavy (non-hydrogen) atoms. The van der Waals surface area contributed by atoms with Crippen LogP contribution in [0.25, 0.3) is 0 Å². The molecule has 0 aliphatic carbocycles. The van der Waals surface area contributed by atoms with Crippen molar-refractivity contribution in [1.82, 2.24) is 5.32 Å². The van der Waals surface area contributed by atoms with E-state index in [2.05, 4.69) is 19.2 Å². The number of hydrogen-bond donors (Lipinski definition) is 1. The molecule has 0 amide bonds. The number of thioether (sulfide) groups is 1. The molecule has 80 valence electrons. The van der Waals surface area contributed by atoms with Gasteiger partial charge in [-0.25, -0.2) is 0 Å². The van der Waals surface area contributed by atoms with Crippen LogP contribution >= 0.6 is 11.8 Å². The highest BCUT2D eigenvalue weighted by atomic mass is 32.2. The van der Waals surface area contributed by atoms with Gasteiger partial charge in [-0.2, -0.15) is 11.8 Å². The Kier molecular flexibility index (Phi) is 5.12. The summed E-state index contributed by atoms with van der Waals surface area (Å²) in [6.45, 7) is 4.49. The van der Waals surface area contributed by atoms with E-state index in [0.29, 0.717) is 6.04 Å². The SMILES string of the molecule is CNC(CSCC(C)C)c1ccco1. The van der Waals surface area contributed by atoms with Crippen LogP contribution < -0.4 is 5.32 Å². The summed E-state index contributed by atoms with van der Waals surface area (Å²) in [6.07, 6.45) is 1.73. The molecule has 0 bridgehead atoms. The Hall–Kier alpha value is -0.410. The molecule has 1 rings (SSSR count). The second-order valence-electron chi connectivity index (χ2n) is 3.79. The van der Waals surface area contributed by atoms with E-state index < -0.39 is 0 Å². The molecule has 0 spiro atoms. The first kappa shape index (κ1) is 11.7. The summed E-state index contributed by atoms with van der Waals surface area (Å²) in [5.41, 5.74) is 0. The third kappa shape index (κ3) is 3.76. The van der Waals surface area contributed by atoms with Gasteiger partial charge >= 0.3 is 0 Å². The number of hydrogen-bond acceptors (Lipinski definition) is 3. The molecule has 1 heterocycles. The molecule has 0 aromatic carbocycles. The Labute approximate surface area is 90.5 Å². The second-order valence-corrected chi connectivity index (χ2v) is 4.86. The van der Waals surface area contributed by atoms with E-state index in [1.807, 2.05) is 30.9 Å². The molecule has 1 unspecified atom stereocenters. The molecule has 0 saturated carbocycles. The third-order valence-corrected chi connectivity index (χ3v) is 3.44. The zero-order chi connectivity index (χ0) is 10.4. The number of rotatable bonds is 6. The van der Waals surface area contributed by atoms with Gasteiger partial charge < -0.3 is 9.73 Å². The molecule has 0 aliphatic rings. The quantitative estimate of drug-likeness (QED) is 0.786. The van der Waals surface area contributed by atoms with Crippen molar-refractivity contribution in [2.75, 3.05) is 18.6 Å². The van der Waals surface area contributed by atoms with Gasteiger partial charge in [-0.1, -0.05) is 13.8 Å². The summed E-state index contributed by atoms with van der Waals surface area (Å²) < 4.78 is 5.37. The lowest BCUT2D eigenvalue weighted by molar-refractivity contribution is 0.452. The van der Waals surface area contributed by atoms with Gasteiger partial charge in [0.05, 0.1) is 12.3 Å². The standard InChI is InChI=1S/C11H19NOS/c1-9(2)7-14-8-10(12-3)11-5-4-6-13-11/h4-6,9-10,12H,7-8H2,1-3H3. The van der Waals surface area contributed by atoms with E-state index in [0.717, 1.165) is 17.4 Å². The molecule has 0 aliphatic heterocycles. The Morgan fingerprint density at radius 3 is 2.71 bits per heavy atom. The lowest BCUT2D eigenvalue weighted by atomic mass is 10.2. The zero-order valence-corrected chi connectivity index (χ0v) is 9.93. The van der Waals surface area contributed by atoms with E-state index in [1.54, 1.807) is 6.26 Å². The molecule has 1 atom stereocenters. The van der Waals surface area contributed by atoms with Crippen molar-refractivity contribution in [3.8, 4) is 0 Å². The minimum atomic E-state index is 0.341. The average Bonchev–Trinajstić information content (AvgIpc) is 2.64. The summed E-state index contributed by atoms with van der Waals surface area (Å²) in [7, 11) is 1.98. The Bertz CT molecular complexity index is 233. The van der Waals surface area contributed by atoms with Gasteiger partial charge in [-0.3, -0.25) is 0 Å². The molecule has 0 radical (unpaired) electrons. The van der Waals surface area contributed by atoms with Crippen LogP contribution in [0, 0.1) is 5.92 Å². The van der Waals surface area contributed by atoms with Crippen molar-refractivity contribution >= 4 is 11.8 Å². The Morgan fingerprint density at radius 1 is 1.43 bits per heavy atom. The highest BCUT2D eigenvalue weighted by Crippen LogP contribution is 2.19. The average molecular weight is 213 g/mol. The van der Waals surface area contributed by atoms with Gasteiger partial charge in [-0.15, -0.1) is 0 Å². The first-order chi connectivity index (χ1) is 6.74. The van der Waals surface area contributed by atoms with E-state index >= 15 is 0 Å². The summed E-state index contributed by atoms with van der Waals surface area (Å²) in [6, 6.07) is 4.30. The van der Waals surface area contributed by atoms with Gasteiger partial charge in [0.15, 0.2) is 0 Å². The Balaban J connectivity index is 2.33. The van der Waals surface area contributed by atoms with Crippen LogP contribution in [0.5, 0.6) is 0 Å². The third-order valence-electron chi connectivity index (χ3n) is 1.97. The molecular formula is C11H19NOS. The van der Waals surface area contributed by atoms with Crippen LogP contribution in [0.2, 0.25) is 0 Å². The maximum Gasteiger partial charge on any atom is 0.121 e. The molecular weight excluding hydrogens is 194 g/mol. The fourth-order valence-corrected chi connectivity index (χ4v) is 2.39. The van der Waals surface area contributed by atoms with Gasteiger partial charge in [0.25, 0.3) is 0 Å². The fourth-order valence-electron chi connectivity index (χ4n) is 1.22. The topological polar surface area (TPSA) is 25.2 Å². The summed E-state index contributed by atoms with van der Waals surface area (Å²) in [4.78, 5) is 0. The lowest BCUT2D eigenvalue weighted by Crippen LogP contribution is -2.18. The second kappa shape index (κ2) is 6.14. The molecule has 1 N–H and O–H groups in total. The predicted octanol–water partition coefficient (Wildman–Crippen LogP) is 2.93. The lowest BCUT2D eigenvalue weighted by Gasteiger charge is -2.13. The minimum absolute atomic E-state index is 0.341. The fraction of sp³-hybridized carbons (Fsp3) is 0.636. The van der Waals surface area contributed by atoms with Crippen LogP contribution in [0.4, 0.5) is 0 Å². The number of furan rings is 1. The first-order valence-corrected chi connectivity index (χ1v) is 6.18. The van der Waals surface area contributed by atoms with Crippen molar-refractivity contribution in [3.63, 3.8) is 0 Å². The molecule has 1 aromatic rings. The first-order valence-electron chi connectivity index (χ1n) is 5.02. The summed E-state index contributed by atoms with van der Waals surface area (Å²) in [5.74, 6) is 4.07. The van der Waals surface area contributed by atoms with E-state index in [4.69, 9.17) is 4.42 Å². The van der Waals surface area contributed by atoms with Crippen molar-refractivity contribution < 1.29 is 4.42 Å². The van der Waals surface area contributed by atoms with Crippen molar-refractivity contribution in [3.05, 3.63) is 24.2 Å². The highest BCUT2D eigenvalue weighted by Gasteiger charge is 2.11. The van der Waals surface area contributed by atoms with E-state index in [-0.39, 0.29) is 0 Å². The summed E-state index contributed by atoms with van der Waals surface area (Å²) in [5, 5.41) is 3.26.